The second-order valence-electron chi connectivity index (χ2n) is 5.74. The van der Waals surface area contributed by atoms with E-state index in [-0.39, 0.29) is 10.6 Å². The van der Waals surface area contributed by atoms with Gasteiger partial charge in [0.05, 0.1) is 21.6 Å². The van der Waals surface area contributed by atoms with Crippen molar-refractivity contribution in [3.8, 4) is 5.75 Å². The highest BCUT2D eigenvalue weighted by molar-refractivity contribution is 7.92. The smallest absolute Gasteiger partial charge is 0.340 e. The topological polar surface area (TPSA) is 98.5 Å². The van der Waals surface area contributed by atoms with Crippen LogP contribution in [0.3, 0.4) is 0 Å². The largest absolute Gasteiger partial charge is 0.487 e. The third-order valence-electron chi connectivity index (χ3n) is 3.44. The van der Waals surface area contributed by atoms with Gasteiger partial charge in [-0.1, -0.05) is 17.7 Å². The van der Waals surface area contributed by atoms with Gasteiger partial charge in [-0.2, -0.15) is 8.78 Å². The number of nitro benzene ring substituents is 1. The summed E-state index contributed by atoms with van der Waals surface area (Å²) in [5, 5.41) is 11.0. The van der Waals surface area contributed by atoms with Crippen LogP contribution in [0.2, 0.25) is 0 Å². The molecule has 12 heteroatoms. The van der Waals surface area contributed by atoms with Crippen LogP contribution in [0.1, 0.15) is 5.56 Å². The molecule has 0 aromatic heterocycles. The highest BCUT2D eigenvalue weighted by Gasteiger charge is 2.41. The van der Waals surface area contributed by atoms with Crippen LogP contribution in [0.25, 0.3) is 0 Å². The molecule has 0 fully saturated rings. The number of benzene rings is 2. The Hall–Kier alpha value is -2.89. The van der Waals surface area contributed by atoms with Crippen molar-refractivity contribution in [3.63, 3.8) is 0 Å². The van der Waals surface area contributed by atoms with E-state index < -0.39 is 45.3 Å². The molecule has 0 unspecified atom stereocenters. The van der Waals surface area contributed by atoms with Crippen molar-refractivity contribution < 1.29 is 35.6 Å². The molecular weight excluding hydrogens is 408 g/mol. The maximum absolute atomic E-state index is 13.0. The summed E-state index contributed by atoms with van der Waals surface area (Å²) in [5.41, 5.74) is -0.241. The summed E-state index contributed by atoms with van der Waals surface area (Å²) in [5.74, 6) is -5.05. The van der Waals surface area contributed by atoms with Gasteiger partial charge in [0.1, 0.15) is 5.75 Å². The first kappa shape index (κ1) is 21.4. The number of hydrogen-bond donors (Lipinski definition) is 1. The van der Waals surface area contributed by atoms with Crippen molar-refractivity contribution in [1.82, 2.24) is 0 Å². The monoisotopic (exact) mass is 422 g/mol. The number of nitrogens with one attached hydrogen (secondary N) is 1. The Morgan fingerprint density at radius 1 is 1.18 bits per heavy atom. The van der Waals surface area contributed by atoms with Crippen molar-refractivity contribution in [2.75, 3.05) is 11.3 Å². The van der Waals surface area contributed by atoms with Crippen LogP contribution >= 0.6 is 0 Å². The summed E-state index contributed by atoms with van der Waals surface area (Å²) in [7, 11) is -4.14. The van der Waals surface area contributed by atoms with Gasteiger partial charge in [-0.05, 0) is 19.1 Å². The van der Waals surface area contributed by atoms with Crippen LogP contribution < -0.4 is 9.46 Å². The van der Waals surface area contributed by atoms with E-state index in [1.54, 1.807) is 6.92 Å². The lowest BCUT2D eigenvalue weighted by Crippen LogP contribution is -2.33. The van der Waals surface area contributed by atoms with E-state index in [1.165, 1.54) is 24.3 Å². The molecule has 0 radical (unpaired) electrons. The minimum atomic E-state index is -4.48. The summed E-state index contributed by atoms with van der Waals surface area (Å²) >= 11 is 0. The molecule has 0 aliphatic heterocycles. The fourth-order valence-electron chi connectivity index (χ4n) is 2.01. The Morgan fingerprint density at radius 2 is 1.79 bits per heavy atom. The Morgan fingerprint density at radius 3 is 2.32 bits per heavy atom. The lowest BCUT2D eigenvalue weighted by Gasteiger charge is -2.16. The van der Waals surface area contributed by atoms with Gasteiger partial charge >= 0.3 is 12.3 Å². The predicted molar refractivity (Wildman–Crippen MR) is 91.5 cm³/mol. The normalized spacial score (nSPS) is 12.1. The molecule has 0 saturated heterocycles. The van der Waals surface area contributed by atoms with Crippen LogP contribution in [-0.2, 0) is 10.0 Å². The van der Waals surface area contributed by atoms with E-state index in [2.05, 4.69) is 9.46 Å². The Kier molecular flexibility index (Phi) is 6.12. The third kappa shape index (κ3) is 5.31. The van der Waals surface area contributed by atoms with Crippen molar-refractivity contribution >= 4 is 21.4 Å². The average Bonchev–Trinajstić information content (AvgIpc) is 2.59. The molecule has 7 nitrogen and oxygen atoms in total. The van der Waals surface area contributed by atoms with Crippen molar-refractivity contribution in [2.24, 2.45) is 0 Å². The second-order valence-corrected chi connectivity index (χ2v) is 7.42. The number of aryl methyl sites for hydroxylation is 1. The SMILES string of the molecule is Cc1ccc(S(=O)(=O)Nc2cc(OCC(F)(F)C(F)F)cc([N+](=O)[O-])c2)cc1. The van der Waals surface area contributed by atoms with E-state index in [0.29, 0.717) is 6.07 Å². The molecule has 0 bridgehead atoms. The van der Waals surface area contributed by atoms with Crippen molar-refractivity contribution in [3.05, 3.63) is 58.1 Å². The highest BCUT2D eigenvalue weighted by atomic mass is 32.2. The van der Waals surface area contributed by atoms with E-state index in [4.69, 9.17) is 0 Å². The first-order valence-corrected chi connectivity index (χ1v) is 9.07. The summed E-state index contributed by atoms with van der Waals surface area (Å²) in [4.78, 5) is 9.94. The van der Waals surface area contributed by atoms with Gasteiger partial charge in [0.25, 0.3) is 15.7 Å². The highest BCUT2D eigenvalue weighted by Crippen LogP contribution is 2.30. The van der Waals surface area contributed by atoms with Crippen LogP contribution in [0.5, 0.6) is 5.75 Å². The van der Waals surface area contributed by atoms with Gasteiger partial charge in [-0.3, -0.25) is 14.8 Å². The number of rotatable bonds is 8. The zero-order chi connectivity index (χ0) is 21.1. The van der Waals surface area contributed by atoms with Crippen LogP contribution in [0, 0.1) is 17.0 Å². The number of anilines is 1. The molecule has 2 aromatic carbocycles. The molecule has 0 spiro atoms. The molecule has 0 atom stereocenters. The maximum atomic E-state index is 13.0. The zero-order valence-corrected chi connectivity index (χ0v) is 15.1. The fourth-order valence-corrected chi connectivity index (χ4v) is 3.05. The molecule has 0 heterocycles. The zero-order valence-electron chi connectivity index (χ0n) is 14.2. The molecule has 2 rings (SSSR count). The number of alkyl halides is 4. The molecule has 0 aliphatic rings. The standard InChI is InChI=1S/C16H14F4N2O5S/c1-10-2-4-14(5-3-10)28(25,26)21-11-6-12(22(23)24)8-13(7-11)27-9-16(19,20)15(17)18/h2-8,15,21H,9H2,1H3. The summed E-state index contributed by atoms with van der Waals surface area (Å²) in [6.07, 6.45) is -3.99. The number of non-ortho nitro benzene ring substituents is 1. The second kappa shape index (κ2) is 8.00. The van der Waals surface area contributed by atoms with E-state index >= 15 is 0 Å². The van der Waals surface area contributed by atoms with Gasteiger partial charge in [-0.15, -0.1) is 0 Å². The van der Waals surface area contributed by atoms with Gasteiger partial charge in [-0.25, -0.2) is 17.2 Å². The molecule has 1 N–H and O–H groups in total. The third-order valence-corrected chi connectivity index (χ3v) is 4.83. The van der Waals surface area contributed by atoms with Gasteiger partial charge < -0.3 is 4.74 Å². The summed E-state index contributed by atoms with van der Waals surface area (Å²) < 4.78 is 81.7. The van der Waals surface area contributed by atoms with Crippen LogP contribution in [0.4, 0.5) is 28.9 Å². The Labute approximate surface area is 157 Å². The Bertz CT molecular complexity index is 965. The lowest BCUT2D eigenvalue weighted by molar-refractivity contribution is -0.384. The molecule has 152 valence electrons. The van der Waals surface area contributed by atoms with Gasteiger partial charge in [0, 0.05) is 12.1 Å². The number of sulfonamides is 1. The average molecular weight is 422 g/mol. The number of nitrogens with zero attached hydrogens (tertiary/aromatic N) is 1. The lowest BCUT2D eigenvalue weighted by atomic mass is 10.2. The number of hydrogen-bond acceptors (Lipinski definition) is 5. The van der Waals surface area contributed by atoms with Crippen LogP contribution in [0.15, 0.2) is 47.4 Å². The van der Waals surface area contributed by atoms with Gasteiger partial charge in [0.15, 0.2) is 6.61 Å². The van der Waals surface area contributed by atoms with Crippen LogP contribution in [-0.4, -0.2) is 32.3 Å². The first-order chi connectivity index (χ1) is 12.9. The van der Waals surface area contributed by atoms with Gasteiger partial charge in [0.2, 0.25) is 0 Å². The van der Waals surface area contributed by atoms with E-state index in [0.717, 1.165) is 17.7 Å². The molecule has 0 aliphatic carbocycles. The molecule has 0 amide bonds. The summed E-state index contributed by atoms with van der Waals surface area (Å²) in [6, 6.07) is 8.09. The molecular formula is C16H14F4N2O5S. The minimum absolute atomic E-state index is 0.142. The first-order valence-electron chi connectivity index (χ1n) is 7.58. The minimum Gasteiger partial charge on any atom is -0.487 e. The number of ether oxygens (including phenoxy) is 1. The molecule has 0 saturated carbocycles. The summed E-state index contributed by atoms with van der Waals surface area (Å²) in [6.45, 7) is -0.000832. The molecule has 2 aromatic rings. The maximum Gasteiger partial charge on any atom is 0.340 e. The van der Waals surface area contributed by atoms with E-state index in [1.807, 2.05) is 0 Å². The Balaban J connectivity index is 2.32. The predicted octanol–water partition coefficient (Wildman–Crippen LogP) is 3.98. The fraction of sp³-hybridized carbons (Fsp3) is 0.250. The van der Waals surface area contributed by atoms with Crippen molar-refractivity contribution in [1.29, 1.82) is 0 Å². The van der Waals surface area contributed by atoms with E-state index in [9.17, 15) is 36.1 Å². The number of nitro groups is 1. The van der Waals surface area contributed by atoms with Crippen molar-refractivity contribution in [2.45, 2.75) is 24.2 Å². The molecule has 28 heavy (non-hydrogen) atoms. The number of halogens is 4. The quantitative estimate of drug-likeness (QED) is 0.394.